The molecule has 0 saturated heterocycles. The molecule has 3 rings (SSSR count). The number of nitrogens with one attached hydrogen (secondary N) is 2. The lowest BCUT2D eigenvalue weighted by Crippen LogP contribution is -2.18. The van der Waals surface area contributed by atoms with Gasteiger partial charge in [-0.2, -0.15) is 5.48 Å². The number of fused-ring (bicyclic) bond motifs is 1. The average molecular weight is 324 g/mol. The third-order valence-corrected chi connectivity index (χ3v) is 4.06. The van der Waals surface area contributed by atoms with Crippen molar-refractivity contribution in [2.45, 2.75) is 12.3 Å². The second kappa shape index (κ2) is 7.19. The summed E-state index contributed by atoms with van der Waals surface area (Å²) in [5.74, 6) is 0.359. The molecule has 0 bridgehead atoms. The maximum atomic E-state index is 12.0. The topological polar surface area (TPSA) is 63.4 Å². The summed E-state index contributed by atoms with van der Waals surface area (Å²) in [5, 5.41) is 1.02. The van der Waals surface area contributed by atoms with E-state index in [0.29, 0.717) is 0 Å². The van der Waals surface area contributed by atoms with Gasteiger partial charge in [-0.15, -0.1) is 0 Å². The summed E-state index contributed by atoms with van der Waals surface area (Å²) >= 11 is 0. The Balaban J connectivity index is 2.06. The van der Waals surface area contributed by atoms with Crippen molar-refractivity contribution in [2.75, 3.05) is 14.2 Å². The molecule has 3 aromatic rings. The molecule has 1 heterocycles. The molecule has 0 spiro atoms. The highest BCUT2D eigenvalue weighted by Gasteiger charge is 2.21. The molecule has 0 aliphatic rings. The molecule has 124 valence electrons. The normalized spacial score (nSPS) is 12.1. The Kier molecular flexibility index (Phi) is 4.82. The molecule has 1 aromatic heterocycles. The number of aromatic amines is 1. The van der Waals surface area contributed by atoms with Crippen molar-refractivity contribution in [3.05, 3.63) is 65.9 Å². The fraction of sp³-hybridized carbons (Fsp3) is 0.211. The number of carbonyl (C=O) groups excluding carboxylic acids is 1. The van der Waals surface area contributed by atoms with Crippen LogP contribution in [0.3, 0.4) is 0 Å². The van der Waals surface area contributed by atoms with Crippen molar-refractivity contribution >= 4 is 16.9 Å². The van der Waals surface area contributed by atoms with Crippen LogP contribution >= 0.6 is 0 Å². The molecule has 24 heavy (non-hydrogen) atoms. The average Bonchev–Trinajstić information content (AvgIpc) is 3.08. The zero-order valence-electron chi connectivity index (χ0n) is 13.7. The van der Waals surface area contributed by atoms with E-state index >= 15 is 0 Å². The van der Waals surface area contributed by atoms with Gasteiger partial charge in [0.25, 0.3) is 0 Å². The Morgan fingerprint density at radius 3 is 2.67 bits per heavy atom. The van der Waals surface area contributed by atoms with Gasteiger partial charge in [-0.25, -0.2) is 0 Å². The number of carbonyl (C=O) groups is 1. The Morgan fingerprint density at radius 2 is 1.96 bits per heavy atom. The van der Waals surface area contributed by atoms with Gasteiger partial charge in [0.15, 0.2) is 0 Å². The third-order valence-electron chi connectivity index (χ3n) is 4.06. The maximum Gasteiger partial charge on any atom is 0.325 e. The second-order valence-electron chi connectivity index (χ2n) is 5.51. The van der Waals surface area contributed by atoms with Crippen molar-refractivity contribution in [3.63, 3.8) is 0 Å². The molecule has 2 N–H and O–H groups in total. The van der Waals surface area contributed by atoms with Gasteiger partial charge in [0, 0.05) is 30.1 Å². The van der Waals surface area contributed by atoms with E-state index in [2.05, 4.69) is 16.5 Å². The van der Waals surface area contributed by atoms with Crippen LogP contribution in [0.25, 0.3) is 10.9 Å². The quantitative estimate of drug-likeness (QED) is 0.682. The summed E-state index contributed by atoms with van der Waals surface area (Å²) in [4.78, 5) is 20.2. The fourth-order valence-electron chi connectivity index (χ4n) is 2.96. The fourth-order valence-corrected chi connectivity index (χ4v) is 2.96. The van der Waals surface area contributed by atoms with E-state index in [1.165, 1.54) is 0 Å². The largest absolute Gasteiger partial charge is 0.496 e. The monoisotopic (exact) mass is 324 g/mol. The van der Waals surface area contributed by atoms with Gasteiger partial charge in [-0.1, -0.05) is 30.3 Å². The number of ether oxygens (including phenoxy) is 1. The van der Waals surface area contributed by atoms with Crippen LogP contribution in [0, 0.1) is 0 Å². The first-order chi connectivity index (χ1) is 11.7. The van der Waals surface area contributed by atoms with Crippen molar-refractivity contribution in [3.8, 4) is 5.75 Å². The highest BCUT2D eigenvalue weighted by atomic mass is 16.7. The van der Waals surface area contributed by atoms with Crippen LogP contribution in [0.2, 0.25) is 0 Å². The molecule has 5 nitrogen and oxygen atoms in total. The Morgan fingerprint density at radius 1 is 1.17 bits per heavy atom. The van der Waals surface area contributed by atoms with Crippen LogP contribution in [0.5, 0.6) is 5.75 Å². The van der Waals surface area contributed by atoms with Crippen molar-refractivity contribution in [1.82, 2.24) is 10.5 Å². The molecular formula is C19H20N2O3. The smallest absolute Gasteiger partial charge is 0.325 e. The standard InChI is InChI=1S/C19H20N2O3/c1-20-24-19(22)12-16(13-6-4-3-5-7-13)14-10-17-15(8-9-21-17)18(11-14)23-2/h3-11,16,20-21H,12H2,1-2H3. The van der Waals surface area contributed by atoms with E-state index in [9.17, 15) is 4.79 Å². The van der Waals surface area contributed by atoms with E-state index in [1.54, 1.807) is 14.2 Å². The van der Waals surface area contributed by atoms with Crippen LogP contribution in [-0.2, 0) is 9.63 Å². The first kappa shape index (κ1) is 16.1. The maximum absolute atomic E-state index is 12.0. The Labute approximate surface area is 140 Å². The van der Waals surface area contributed by atoms with Crippen molar-refractivity contribution in [2.24, 2.45) is 0 Å². The van der Waals surface area contributed by atoms with Crippen LogP contribution in [0.15, 0.2) is 54.7 Å². The summed E-state index contributed by atoms with van der Waals surface area (Å²) in [7, 11) is 3.22. The minimum atomic E-state index is -0.308. The number of hydrogen-bond acceptors (Lipinski definition) is 4. The van der Waals surface area contributed by atoms with Crippen molar-refractivity contribution < 1.29 is 14.4 Å². The summed E-state index contributed by atoms with van der Waals surface area (Å²) in [6, 6.07) is 16.0. The van der Waals surface area contributed by atoms with E-state index in [-0.39, 0.29) is 18.3 Å². The Bertz CT molecular complexity index is 827. The molecular weight excluding hydrogens is 304 g/mol. The zero-order chi connectivity index (χ0) is 16.9. The number of rotatable bonds is 6. The van der Waals surface area contributed by atoms with Gasteiger partial charge in [0.05, 0.1) is 13.5 Å². The molecule has 1 unspecified atom stereocenters. The molecule has 0 saturated carbocycles. The molecule has 0 aliphatic heterocycles. The van der Waals surface area contributed by atoms with E-state index in [4.69, 9.17) is 9.57 Å². The van der Waals surface area contributed by atoms with Gasteiger partial charge in [0.2, 0.25) is 0 Å². The van der Waals surface area contributed by atoms with Crippen LogP contribution in [-0.4, -0.2) is 25.1 Å². The van der Waals surface area contributed by atoms with Gasteiger partial charge in [-0.3, -0.25) is 4.79 Å². The number of hydrogen-bond donors (Lipinski definition) is 2. The predicted octanol–water partition coefficient (Wildman–Crippen LogP) is 3.38. The summed E-state index contributed by atoms with van der Waals surface area (Å²) in [6.45, 7) is 0. The number of H-pyrrole nitrogens is 1. The third kappa shape index (κ3) is 3.26. The number of aromatic nitrogens is 1. The lowest BCUT2D eigenvalue weighted by atomic mass is 9.88. The van der Waals surface area contributed by atoms with Gasteiger partial charge >= 0.3 is 5.97 Å². The minimum absolute atomic E-state index is 0.117. The number of benzene rings is 2. The number of hydroxylamine groups is 1. The van der Waals surface area contributed by atoms with Crippen LogP contribution in [0.4, 0.5) is 0 Å². The molecule has 0 amide bonds. The predicted molar refractivity (Wildman–Crippen MR) is 92.9 cm³/mol. The lowest BCUT2D eigenvalue weighted by Gasteiger charge is -2.18. The van der Waals surface area contributed by atoms with Gasteiger partial charge < -0.3 is 14.6 Å². The molecule has 5 heteroatoms. The van der Waals surface area contributed by atoms with E-state index in [1.807, 2.05) is 48.7 Å². The number of methoxy groups -OCH3 is 1. The summed E-state index contributed by atoms with van der Waals surface area (Å²) in [6.07, 6.45) is 2.12. The molecule has 0 radical (unpaired) electrons. The highest BCUT2D eigenvalue weighted by Crippen LogP contribution is 2.35. The summed E-state index contributed by atoms with van der Waals surface area (Å²) < 4.78 is 5.52. The minimum Gasteiger partial charge on any atom is -0.496 e. The first-order valence-electron chi connectivity index (χ1n) is 7.79. The second-order valence-corrected chi connectivity index (χ2v) is 5.51. The van der Waals surface area contributed by atoms with Gasteiger partial charge in [0.1, 0.15) is 5.75 Å². The van der Waals surface area contributed by atoms with Crippen molar-refractivity contribution in [1.29, 1.82) is 0 Å². The Hall–Kier alpha value is -2.79. The van der Waals surface area contributed by atoms with Gasteiger partial charge in [-0.05, 0) is 29.3 Å². The molecule has 1 atom stereocenters. The van der Waals surface area contributed by atoms with Crippen LogP contribution in [0.1, 0.15) is 23.5 Å². The molecule has 0 fully saturated rings. The summed E-state index contributed by atoms with van der Waals surface area (Å²) in [5.41, 5.74) is 5.48. The molecule has 0 aliphatic carbocycles. The van der Waals surface area contributed by atoms with E-state index in [0.717, 1.165) is 27.8 Å². The highest BCUT2D eigenvalue weighted by molar-refractivity contribution is 5.87. The first-order valence-corrected chi connectivity index (χ1v) is 7.79. The van der Waals surface area contributed by atoms with E-state index < -0.39 is 0 Å². The SMILES string of the molecule is CNOC(=O)CC(c1ccccc1)c1cc(OC)c2cc[nH]c2c1. The van der Waals surface area contributed by atoms with Crippen LogP contribution < -0.4 is 10.2 Å². The zero-order valence-corrected chi connectivity index (χ0v) is 13.7. The lowest BCUT2D eigenvalue weighted by molar-refractivity contribution is -0.150. The molecule has 2 aromatic carbocycles.